The van der Waals surface area contributed by atoms with Gasteiger partial charge in [0.15, 0.2) is 0 Å². The number of nitrogens with zero attached hydrogens (tertiary/aromatic N) is 4. The van der Waals surface area contributed by atoms with Crippen molar-refractivity contribution in [3.8, 4) is 11.3 Å². The molecule has 3 heterocycles. The Kier molecular flexibility index (Phi) is 4.12. The molecule has 132 valence electrons. The van der Waals surface area contributed by atoms with E-state index in [1.54, 1.807) is 22.8 Å². The predicted octanol–water partition coefficient (Wildman–Crippen LogP) is 3.54. The zero-order chi connectivity index (χ0) is 18.1. The summed E-state index contributed by atoms with van der Waals surface area (Å²) in [5, 5.41) is 15.2. The smallest absolute Gasteiger partial charge is 0.269 e. The number of non-ortho nitro benzene ring substituents is 1. The molecule has 1 aliphatic rings. The lowest BCUT2D eigenvalue weighted by atomic mass is 10.1. The Bertz CT molecular complexity index is 972. The number of nitro groups is 1. The van der Waals surface area contributed by atoms with Crippen molar-refractivity contribution in [1.82, 2.24) is 14.5 Å². The summed E-state index contributed by atoms with van der Waals surface area (Å²) in [4.78, 5) is 25.1. The van der Waals surface area contributed by atoms with Crippen molar-refractivity contribution in [1.29, 1.82) is 0 Å². The number of hydrogen-bond donors (Lipinski definition) is 0. The van der Waals surface area contributed by atoms with Gasteiger partial charge in [0.2, 0.25) is 0 Å². The highest BCUT2D eigenvalue weighted by atomic mass is 16.6. The van der Waals surface area contributed by atoms with Crippen LogP contribution in [0.15, 0.2) is 48.7 Å². The Balaban J connectivity index is 1.73. The maximum Gasteiger partial charge on any atom is 0.269 e. The van der Waals surface area contributed by atoms with Crippen LogP contribution < -0.4 is 0 Å². The minimum atomic E-state index is -0.423. The first kappa shape index (κ1) is 16.3. The van der Waals surface area contributed by atoms with E-state index in [2.05, 4.69) is 5.10 Å². The third-order valence-electron chi connectivity index (χ3n) is 4.79. The Labute approximate surface area is 150 Å². The lowest BCUT2D eigenvalue weighted by molar-refractivity contribution is -0.384. The molecule has 0 N–H and O–H groups in total. The summed E-state index contributed by atoms with van der Waals surface area (Å²) in [6, 6.07) is 12.0. The van der Waals surface area contributed by atoms with E-state index < -0.39 is 4.92 Å². The lowest BCUT2D eigenvalue weighted by Crippen LogP contribution is -2.35. The highest BCUT2D eigenvalue weighted by molar-refractivity contribution is 6.01. The molecule has 0 atom stereocenters. The molecule has 1 saturated heterocycles. The van der Waals surface area contributed by atoms with E-state index in [1.165, 1.54) is 18.6 Å². The van der Waals surface area contributed by atoms with Gasteiger partial charge in [0.05, 0.1) is 27.9 Å². The Morgan fingerprint density at radius 3 is 2.46 bits per heavy atom. The summed E-state index contributed by atoms with van der Waals surface area (Å²) in [5.74, 6) is 0.0144. The minimum absolute atomic E-state index is 0.0144. The fourth-order valence-electron chi connectivity index (χ4n) is 3.42. The average molecular weight is 350 g/mol. The fourth-order valence-corrected chi connectivity index (χ4v) is 3.42. The van der Waals surface area contributed by atoms with E-state index in [1.807, 2.05) is 23.1 Å². The number of likely N-dealkylation sites (tertiary alicyclic amines) is 1. The summed E-state index contributed by atoms with van der Waals surface area (Å²) in [6.07, 6.45) is 4.86. The number of pyridine rings is 1. The second kappa shape index (κ2) is 6.59. The molecular weight excluding hydrogens is 332 g/mol. The average Bonchev–Trinajstić information content (AvgIpc) is 3.12. The summed E-state index contributed by atoms with van der Waals surface area (Å²) >= 11 is 0. The first-order valence-electron chi connectivity index (χ1n) is 8.66. The maximum absolute atomic E-state index is 12.8. The number of benzene rings is 1. The number of piperidine rings is 1. The van der Waals surface area contributed by atoms with Gasteiger partial charge in [0.25, 0.3) is 11.6 Å². The van der Waals surface area contributed by atoms with E-state index in [0.717, 1.165) is 42.7 Å². The fraction of sp³-hybridized carbons (Fsp3) is 0.263. The van der Waals surface area contributed by atoms with Gasteiger partial charge in [0, 0.05) is 30.8 Å². The molecule has 0 unspecified atom stereocenters. The molecular formula is C19H18N4O3. The van der Waals surface area contributed by atoms with Crippen LogP contribution in [0.1, 0.15) is 29.6 Å². The van der Waals surface area contributed by atoms with Gasteiger partial charge in [-0.2, -0.15) is 5.10 Å². The number of hydrogen-bond acceptors (Lipinski definition) is 4. The number of carbonyl (C=O) groups is 1. The van der Waals surface area contributed by atoms with Crippen molar-refractivity contribution in [2.24, 2.45) is 0 Å². The van der Waals surface area contributed by atoms with Gasteiger partial charge < -0.3 is 4.90 Å². The Morgan fingerprint density at radius 1 is 1.04 bits per heavy atom. The second-order valence-corrected chi connectivity index (χ2v) is 6.42. The molecule has 0 radical (unpaired) electrons. The zero-order valence-electron chi connectivity index (χ0n) is 14.2. The van der Waals surface area contributed by atoms with Gasteiger partial charge in [-0.05, 0) is 43.5 Å². The topological polar surface area (TPSA) is 80.8 Å². The Morgan fingerprint density at radius 2 is 1.77 bits per heavy atom. The number of rotatable bonds is 3. The number of carbonyl (C=O) groups excluding carboxylic acids is 1. The number of amides is 1. The van der Waals surface area contributed by atoms with Gasteiger partial charge in [0.1, 0.15) is 0 Å². The van der Waals surface area contributed by atoms with Gasteiger partial charge in [-0.15, -0.1) is 0 Å². The molecule has 3 aromatic rings. The standard InChI is InChI=1S/C19H18N4O3/c24-19(21-11-2-1-3-12-21)16-13-20-22-17(5-4-6-18(16)22)14-7-9-15(10-8-14)23(25)26/h4-10,13H,1-3,11-12H2. The Hall–Kier alpha value is -3.22. The van der Waals surface area contributed by atoms with E-state index >= 15 is 0 Å². The van der Waals surface area contributed by atoms with Crippen LogP contribution in [-0.4, -0.2) is 38.4 Å². The van der Waals surface area contributed by atoms with Crippen LogP contribution >= 0.6 is 0 Å². The van der Waals surface area contributed by atoms with Gasteiger partial charge in [-0.1, -0.05) is 6.07 Å². The normalized spacial score (nSPS) is 14.5. The number of fused-ring (bicyclic) bond motifs is 1. The molecule has 0 bridgehead atoms. The molecule has 0 aliphatic carbocycles. The van der Waals surface area contributed by atoms with Crippen LogP contribution in [0, 0.1) is 10.1 Å². The van der Waals surface area contributed by atoms with E-state index in [9.17, 15) is 14.9 Å². The molecule has 2 aromatic heterocycles. The van der Waals surface area contributed by atoms with Crippen LogP contribution in [0.3, 0.4) is 0 Å². The van der Waals surface area contributed by atoms with E-state index in [0.29, 0.717) is 5.56 Å². The predicted molar refractivity (Wildman–Crippen MR) is 97.0 cm³/mol. The zero-order valence-corrected chi connectivity index (χ0v) is 14.2. The van der Waals surface area contributed by atoms with Crippen LogP contribution in [-0.2, 0) is 0 Å². The van der Waals surface area contributed by atoms with Crippen LogP contribution in [0.2, 0.25) is 0 Å². The van der Waals surface area contributed by atoms with Crippen LogP contribution in [0.25, 0.3) is 16.8 Å². The van der Waals surface area contributed by atoms with Crippen molar-refractivity contribution in [3.05, 3.63) is 64.3 Å². The molecule has 1 aliphatic heterocycles. The molecule has 4 rings (SSSR count). The van der Waals surface area contributed by atoms with Crippen molar-refractivity contribution in [2.45, 2.75) is 19.3 Å². The van der Waals surface area contributed by atoms with Crippen LogP contribution in [0.4, 0.5) is 5.69 Å². The third kappa shape index (κ3) is 2.81. The number of aromatic nitrogens is 2. The maximum atomic E-state index is 12.8. The van der Waals surface area contributed by atoms with Crippen molar-refractivity contribution >= 4 is 17.1 Å². The van der Waals surface area contributed by atoms with E-state index in [4.69, 9.17) is 0 Å². The lowest BCUT2D eigenvalue weighted by Gasteiger charge is -2.26. The molecule has 26 heavy (non-hydrogen) atoms. The summed E-state index contributed by atoms with van der Waals surface area (Å²) in [5.41, 5.74) is 2.98. The van der Waals surface area contributed by atoms with Crippen LogP contribution in [0.5, 0.6) is 0 Å². The third-order valence-corrected chi connectivity index (χ3v) is 4.79. The molecule has 1 amide bonds. The van der Waals surface area contributed by atoms with Crippen molar-refractivity contribution in [3.63, 3.8) is 0 Å². The second-order valence-electron chi connectivity index (χ2n) is 6.42. The quantitative estimate of drug-likeness (QED) is 0.534. The number of nitro benzene ring substituents is 1. The molecule has 1 aromatic carbocycles. The highest BCUT2D eigenvalue weighted by Crippen LogP contribution is 2.25. The first-order valence-corrected chi connectivity index (χ1v) is 8.66. The SMILES string of the molecule is O=C(c1cnn2c(-c3ccc([N+](=O)[O-])cc3)cccc12)N1CCCCC1. The summed E-state index contributed by atoms with van der Waals surface area (Å²) in [7, 11) is 0. The largest absolute Gasteiger partial charge is 0.339 e. The van der Waals surface area contributed by atoms with Gasteiger partial charge in [-0.3, -0.25) is 14.9 Å². The molecule has 0 spiro atoms. The summed E-state index contributed by atoms with van der Waals surface area (Å²) < 4.78 is 1.72. The van der Waals surface area contributed by atoms with Crippen molar-refractivity contribution < 1.29 is 9.72 Å². The van der Waals surface area contributed by atoms with Crippen molar-refractivity contribution in [2.75, 3.05) is 13.1 Å². The monoisotopic (exact) mass is 350 g/mol. The summed E-state index contributed by atoms with van der Waals surface area (Å²) in [6.45, 7) is 1.58. The molecule has 1 fully saturated rings. The van der Waals surface area contributed by atoms with E-state index in [-0.39, 0.29) is 11.6 Å². The van der Waals surface area contributed by atoms with Gasteiger partial charge in [-0.25, -0.2) is 4.52 Å². The molecule has 7 nitrogen and oxygen atoms in total. The molecule has 0 saturated carbocycles. The van der Waals surface area contributed by atoms with Gasteiger partial charge >= 0.3 is 0 Å². The first-order chi connectivity index (χ1) is 12.6. The highest BCUT2D eigenvalue weighted by Gasteiger charge is 2.22. The minimum Gasteiger partial charge on any atom is -0.339 e. The molecule has 7 heteroatoms.